The fraction of sp³-hybridized carbons (Fsp3) is 0.238. The summed E-state index contributed by atoms with van der Waals surface area (Å²) in [7, 11) is 0. The number of hydrogen-bond acceptors (Lipinski definition) is 4. The van der Waals surface area contributed by atoms with Crippen molar-refractivity contribution in [1.29, 1.82) is 0 Å². The van der Waals surface area contributed by atoms with Crippen molar-refractivity contribution < 1.29 is 9.59 Å². The quantitative estimate of drug-likeness (QED) is 0.693. The maximum atomic E-state index is 12.3. The molecule has 2 aromatic carbocycles. The fourth-order valence-corrected chi connectivity index (χ4v) is 3.01. The summed E-state index contributed by atoms with van der Waals surface area (Å²) in [5.41, 5.74) is 3.17. The number of benzene rings is 2. The van der Waals surface area contributed by atoms with E-state index in [2.05, 4.69) is 20.7 Å². The molecule has 7 heteroatoms. The van der Waals surface area contributed by atoms with Crippen molar-refractivity contribution in [3.63, 3.8) is 0 Å². The molecule has 0 spiro atoms. The van der Waals surface area contributed by atoms with E-state index in [0.717, 1.165) is 36.2 Å². The number of carbonyl (C=O) groups excluding carboxylic acids is 2. The van der Waals surface area contributed by atoms with Crippen molar-refractivity contribution in [2.45, 2.75) is 25.8 Å². The van der Waals surface area contributed by atoms with Gasteiger partial charge in [-0.25, -0.2) is 9.67 Å². The Morgan fingerprint density at radius 3 is 2.39 bits per heavy atom. The molecule has 3 aromatic rings. The molecule has 1 heterocycles. The highest BCUT2D eigenvalue weighted by Gasteiger charge is 2.25. The van der Waals surface area contributed by atoms with E-state index >= 15 is 0 Å². The Morgan fingerprint density at radius 2 is 1.79 bits per heavy atom. The number of carbonyl (C=O) groups is 2. The van der Waals surface area contributed by atoms with E-state index in [1.165, 1.54) is 6.33 Å². The molecule has 0 radical (unpaired) electrons. The minimum absolute atomic E-state index is 0.0674. The van der Waals surface area contributed by atoms with Gasteiger partial charge < -0.3 is 10.6 Å². The molecule has 1 aromatic heterocycles. The van der Waals surface area contributed by atoms with Crippen LogP contribution in [0.3, 0.4) is 0 Å². The Kier molecular flexibility index (Phi) is 5.14. The fourth-order valence-electron chi connectivity index (χ4n) is 3.01. The molecule has 28 heavy (non-hydrogen) atoms. The summed E-state index contributed by atoms with van der Waals surface area (Å²) in [4.78, 5) is 28.2. The van der Waals surface area contributed by atoms with Gasteiger partial charge >= 0.3 is 0 Å². The number of hydrogen-bond donors (Lipinski definition) is 2. The molecule has 1 aliphatic carbocycles. The topological polar surface area (TPSA) is 88.9 Å². The molecule has 1 fully saturated rings. The lowest BCUT2D eigenvalue weighted by Gasteiger charge is -2.24. The number of aromatic nitrogens is 3. The van der Waals surface area contributed by atoms with Gasteiger partial charge in [-0.15, -0.1) is 0 Å². The minimum atomic E-state index is -0.155. The van der Waals surface area contributed by atoms with Gasteiger partial charge in [0.15, 0.2) is 0 Å². The Labute approximate surface area is 162 Å². The summed E-state index contributed by atoms with van der Waals surface area (Å²) in [6.07, 6.45) is 6.17. The number of nitrogens with zero attached hydrogens (tertiary/aromatic N) is 3. The first-order valence-corrected chi connectivity index (χ1v) is 9.32. The minimum Gasteiger partial charge on any atom is -0.348 e. The Balaban J connectivity index is 1.30. The zero-order chi connectivity index (χ0) is 19.3. The van der Waals surface area contributed by atoms with E-state index in [0.29, 0.717) is 12.1 Å². The average molecular weight is 375 g/mol. The van der Waals surface area contributed by atoms with Gasteiger partial charge in [0.05, 0.1) is 5.69 Å². The number of nitrogens with one attached hydrogen (secondary N) is 2. The van der Waals surface area contributed by atoms with Crippen LogP contribution in [-0.4, -0.2) is 26.6 Å². The van der Waals surface area contributed by atoms with Crippen molar-refractivity contribution in [3.05, 3.63) is 72.3 Å². The molecular weight excluding hydrogens is 354 g/mol. The zero-order valence-electron chi connectivity index (χ0n) is 15.3. The van der Waals surface area contributed by atoms with Gasteiger partial charge in [-0.05, 0) is 54.8 Å². The van der Waals surface area contributed by atoms with Crippen LogP contribution >= 0.6 is 0 Å². The summed E-state index contributed by atoms with van der Waals surface area (Å²) in [6, 6.07) is 14.7. The second-order valence-electron chi connectivity index (χ2n) is 6.88. The maximum absolute atomic E-state index is 12.3. The smallest absolute Gasteiger partial charge is 0.251 e. The van der Waals surface area contributed by atoms with E-state index in [1.54, 1.807) is 35.3 Å². The first-order valence-electron chi connectivity index (χ1n) is 9.32. The molecule has 1 aliphatic rings. The zero-order valence-corrected chi connectivity index (χ0v) is 15.3. The Morgan fingerprint density at radius 1 is 1.04 bits per heavy atom. The predicted molar refractivity (Wildman–Crippen MR) is 105 cm³/mol. The standard InChI is InChI=1S/C21H21N5O2/c27-20(17-6-8-18(9-7-17)25-21(28)16-2-1-3-16)23-12-15-4-10-19(11-5-15)26-14-22-13-24-26/h4-11,13-14,16H,1-3,12H2,(H,23,27)(H,25,28). The molecule has 4 rings (SSSR count). The van der Waals surface area contributed by atoms with Gasteiger partial charge in [0.25, 0.3) is 5.91 Å². The average Bonchev–Trinajstić information content (AvgIpc) is 3.20. The van der Waals surface area contributed by atoms with E-state index in [4.69, 9.17) is 0 Å². The molecule has 2 amide bonds. The van der Waals surface area contributed by atoms with E-state index in [-0.39, 0.29) is 17.7 Å². The van der Waals surface area contributed by atoms with Gasteiger partial charge in [-0.3, -0.25) is 9.59 Å². The van der Waals surface area contributed by atoms with Crippen LogP contribution in [-0.2, 0) is 11.3 Å². The summed E-state index contributed by atoms with van der Waals surface area (Å²) in [6.45, 7) is 0.427. The van der Waals surface area contributed by atoms with Crippen molar-refractivity contribution in [1.82, 2.24) is 20.1 Å². The molecule has 0 atom stereocenters. The van der Waals surface area contributed by atoms with Crippen molar-refractivity contribution in [2.75, 3.05) is 5.32 Å². The van der Waals surface area contributed by atoms with Crippen LogP contribution in [0.2, 0.25) is 0 Å². The number of rotatable bonds is 6. The SMILES string of the molecule is O=C(NCc1ccc(-n2cncn2)cc1)c1ccc(NC(=O)C2CCC2)cc1. The monoisotopic (exact) mass is 375 g/mol. The predicted octanol–water partition coefficient (Wildman–Crippen LogP) is 2.94. The lowest BCUT2D eigenvalue weighted by molar-refractivity contribution is -0.122. The van der Waals surface area contributed by atoms with Gasteiger partial charge in [-0.2, -0.15) is 5.10 Å². The van der Waals surface area contributed by atoms with Crippen molar-refractivity contribution in [3.8, 4) is 5.69 Å². The second kappa shape index (κ2) is 8.04. The third-order valence-electron chi connectivity index (χ3n) is 4.96. The van der Waals surface area contributed by atoms with Crippen molar-refractivity contribution in [2.24, 2.45) is 5.92 Å². The number of amides is 2. The highest BCUT2D eigenvalue weighted by molar-refractivity contribution is 5.96. The summed E-state index contributed by atoms with van der Waals surface area (Å²) in [5, 5.41) is 9.89. The second-order valence-corrected chi connectivity index (χ2v) is 6.88. The van der Waals surface area contributed by atoms with E-state index in [9.17, 15) is 9.59 Å². The van der Waals surface area contributed by atoms with Crippen LogP contribution in [0.4, 0.5) is 5.69 Å². The maximum Gasteiger partial charge on any atom is 0.251 e. The number of anilines is 1. The summed E-state index contributed by atoms with van der Waals surface area (Å²) < 4.78 is 1.67. The molecule has 2 N–H and O–H groups in total. The third-order valence-corrected chi connectivity index (χ3v) is 4.96. The van der Waals surface area contributed by atoms with E-state index < -0.39 is 0 Å². The third kappa shape index (κ3) is 4.09. The normalized spacial score (nSPS) is 13.6. The molecule has 1 saturated carbocycles. The largest absolute Gasteiger partial charge is 0.348 e. The highest BCUT2D eigenvalue weighted by atomic mass is 16.2. The summed E-state index contributed by atoms with van der Waals surface area (Å²) >= 11 is 0. The molecule has 142 valence electrons. The first-order chi connectivity index (χ1) is 13.7. The van der Waals surface area contributed by atoms with E-state index in [1.807, 2.05) is 24.3 Å². The van der Waals surface area contributed by atoms with Crippen LogP contribution < -0.4 is 10.6 Å². The lowest BCUT2D eigenvalue weighted by atomic mass is 9.85. The summed E-state index contributed by atoms with van der Waals surface area (Å²) in [5.74, 6) is 0.0499. The molecular formula is C21H21N5O2. The molecule has 0 aliphatic heterocycles. The van der Waals surface area contributed by atoms with Gasteiger partial charge in [0.1, 0.15) is 12.7 Å². The first kappa shape index (κ1) is 17.9. The highest BCUT2D eigenvalue weighted by Crippen LogP contribution is 2.27. The Hall–Kier alpha value is -3.48. The van der Waals surface area contributed by atoms with Gasteiger partial charge in [0.2, 0.25) is 5.91 Å². The molecule has 0 unspecified atom stereocenters. The van der Waals surface area contributed by atoms with Crippen LogP contribution in [0.25, 0.3) is 5.69 Å². The van der Waals surface area contributed by atoms with Crippen LogP contribution in [0.1, 0.15) is 35.2 Å². The lowest BCUT2D eigenvalue weighted by Crippen LogP contribution is -2.28. The molecule has 0 bridgehead atoms. The Bertz CT molecular complexity index is 945. The van der Waals surface area contributed by atoms with Crippen LogP contribution in [0.15, 0.2) is 61.2 Å². The van der Waals surface area contributed by atoms with Gasteiger partial charge in [-0.1, -0.05) is 18.6 Å². The molecule has 0 saturated heterocycles. The van der Waals surface area contributed by atoms with Crippen molar-refractivity contribution >= 4 is 17.5 Å². The molecule has 7 nitrogen and oxygen atoms in total. The van der Waals surface area contributed by atoms with Crippen LogP contribution in [0, 0.1) is 5.92 Å². The van der Waals surface area contributed by atoms with Crippen LogP contribution in [0.5, 0.6) is 0 Å². The van der Waals surface area contributed by atoms with Gasteiger partial charge in [0, 0.05) is 23.7 Å².